The van der Waals surface area contributed by atoms with Crippen molar-refractivity contribution in [2.24, 2.45) is 23.2 Å². The Morgan fingerprint density at radius 2 is 1.82 bits per heavy atom. The quantitative estimate of drug-likeness (QED) is 0.847. The third kappa shape index (κ3) is 2.66. The molecule has 0 spiro atoms. The van der Waals surface area contributed by atoms with E-state index in [1.807, 2.05) is 18.3 Å². The molecule has 1 aromatic heterocycles. The van der Waals surface area contributed by atoms with Crippen molar-refractivity contribution in [2.45, 2.75) is 51.4 Å². The summed E-state index contributed by atoms with van der Waals surface area (Å²) in [5.41, 5.74) is 1.12. The maximum Gasteiger partial charge on any atom is 0.226 e. The summed E-state index contributed by atoms with van der Waals surface area (Å²) in [5, 5.41) is 3.24. The minimum absolute atomic E-state index is 0.000251. The van der Waals surface area contributed by atoms with Crippen LogP contribution in [-0.4, -0.2) is 17.4 Å². The molecule has 0 aromatic carbocycles. The normalized spacial score (nSPS) is 35.5. The average molecular weight is 298 g/mol. The van der Waals surface area contributed by atoms with Crippen molar-refractivity contribution in [3.8, 4) is 0 Å². The largest absolute Gasteiger partial charge is 0.356 e. The predicted molar refractivity (Wildman–Crippen MR) is 86.2 cm³/mol. The number of nitrogens with zero attached hydrogens (tertiary/aromatic N) is 1. The molecular weight excluding hydrogens is 272 g/mol. The van der Waals surface area contributed by atoms with E-state index in [9.17, 15) is 4.79 Å². The van der Waals surface area contributed by atoms with Crippen LogP contribution in [0.15, 0.2) is 24.4 Å². The molecule has 0 unspecified atom stereocenters. The number of hydrogen-bond acceptors (Lipinski definition) is 2. The number of carbonyl (C=O) groups excluding carboxylic acids is 1. The number of aromatic nitrogens is 1. The number of pyridine rings is 1. The van der Waals surface area contributed by atoms with Crippen LogP contribution in [0.2, 0.25) is 0 Å². The van der Waals surface area contributed by atoms with Crippen LogP contribution in [0, 0.1) is 23.2 Å². The summed E-state index contributed by atoms with van der Waals surface area (Å²) in [7, 11) is 0. The molecule has 118 valence electrons. The number of carbonyl (C=O) groups is 1. The number of aryl methyl sites for hydroxylation is 1. The maximum absolute atomic E-state index is 12.8. The van der Waals surface area contributed by atoms with E-state index in [0.29, 0.717) is 5.91 Å². The average Bonchev–Trinajstić information content (AvgIpc) is 2.51. The summed E-state index contributed by atoms with van der Waals surface area (Å²) < 4.78 is 0. The monoisotopic (exact) mass is 298 g/mol. The molecule has 1 heterocycles. The van der Waals surface area contributed by atoms with Gasteiger partial charge in [-0.1, -0.05) is 6.07 Å². The Balaban J connectivity index is 1.29. The molecular formula is C19H26N2O. The fourth-order valence-corrected chi connectivity index (χ4v) is 5.59. The third-order valence-corrected chi connectivity index (χ3v) is 6.14. The first kappa shape index (κ1) is 14.2. The fourth-order valence-electron chi connectivity index (χ4n) is 5.59. The van der Waals surface area contributed by atoms with Gasteiger partial charge >= 0.3 is 0 Å². The third-order valence-electron chi connectivity index (χ3n) is 6.14. The molecule has 1 aromatic rings. The molecule has 4 aliphatic carbocycles. The summed E-state index contributed by atoms with van der Waals surface area (Å²) in [6.45, 7) is 0.789. The van der Waals surface area contributed by atoms with E-state index < -0.39 is 0 Å². The molecule has 5 rings (SSSR count). The van der Waals surface area contributed by atoms with Crippen molar-refractivity contribution in [3.63, 3.8) is 0 Å². The summed E-state index contributed by atoms with van der Waals surface area (Å²) >= 11 is 0. The van der Waals surface area contributed by atoms with E-state index in [1.54, 1.807) is 0 Å². The second-order valence-electron chi connectivity index (χ2n) is 7.88. The van der Waals surface area contributed by atoms with Crippen LogP contribution in [0.25, 0.3) is 0 Å². The highest BCUT2D eigenvalue weighted by Crippen LogP contribution is 2.60. The van der Waals surface area contributed by atoms with Gasteiger partial charge in [0.2, 0.25) is 5.91 Å². The van der Waals surface area contributed by atoms with Gasteiger partial charge in [-0.3, -0.25) is 9.78 Å². The first-order valence-corrected chi connectivity index (χ1v) is 8.92. The molecule has 4 saturated carbocycles. The Bertz CT molecular complexity index is 504. The summed E-state index contributed by atoms with van der Waals surface area (Å²) in [5.74, 6) is 2.87. The first-order valence-electron chi connectivity index (χ1n) is 8.92. The molecule has 3 heteroatoms. The molecule has 1 amide bonds. The van der Waals surface area contributed by atoms with E-state index in [1.165, 1.54) is 19.3 Å². The van der Waals surface area contributed by atoms with Crippen LogP contribution in [0.5, 0.6) is 0 Å². The lowest BCUT2D eigenvalue weighted by Crippen LogP contribution is -2.53. The molecule has 0 saturated heterocycles. The zero-order chi connectivity index (χ0) is 15.0. The van der Waals surface area contributed by atoms with Crippen molar-refractivity contribution in [1.29, 1.82) is 0 Å². The second kappa shape index (κ2) is 5.68. The van der Waals surface area contributed by atoms with Crippen LogP contribution >= 0.6 is 0 Å². The molecule has 0 atom stereocenters. The van der Waals surface area contributed by atoms with Crippen LogP contribution in [-0.2, 0) is 11.2 Å². The molecule has 0 aliphatic heterocycles. The number of rotatable bonds is 5. The van der Waals surface area contributed by atoms with Gasteiger partial charge in [-0.15, -0.1) is 0 Å². The Morgan fingerprint density at radius 1 is 1.14 bits per heavy atom. The van der Waals surface area contributed by atoms with Gasteiger partial charge in [-0.25, -0.2) is 0 Å². The van der Waals surface area contributed by atoms with Gasteiger partial charge in [-0.2, -0.15) is 0 Å². The molecule has 22 heavy (non-hydrogen) atoms. The molecule has 4 aliphatic rings. The summed E-state index contributed by atoms with van der Waals surface area (Å²) in [6, 6.07) is 6.02. The van der Waals surface area contributed by atoms with Gasteiger partial charge in [-0.05, 0) is 81.3 Å². The molecule has 4 bridgehead atoms. The first-order chi connectivity index (χ1) is 10.7. The standard InChI is InChI=1S/C19H26N2O/c22-18(21-7-3-5-17-4-1-2-6-20-17)19-11-14-8-15(12-19)10-16(9-14)13-19/h1-2,4,6,14-16H,3,5,7-13H2,(H,21,22). The van der Waals surface area contributed by atoms with E-state index >= 15 is 0 Å². The van der Waals surface area contributed by atoms with Crippen molar-refractivity contribution in [2.75, 3.05) is 6.54 Å². The molecule has 1 N–H and O–H groups in total. The topological polar surface area (TPSA) is 42.0 Å². The smallest absolute Gasteiger partial charge is 0.226 e. The molecule has 3 nitrogen and oxygen atoms in total. The predicted octanol–water partition coefficient (Wildman–Crippen LogP) is 3.35. The second-order valence-corrected chi connectivity index (χ2v) is 7.88. The SMILES string of the molecule is O=C(NCCCc1ccccn1)C12CC3CC(CC(C3)C1)C2. The highest BCUT2D eigenvalue weighted by molar-refractivity contribution is 5.83. The fraction of sp³-hybridized carbons (Fsp3) is 0.684. The Kier molecular flexibility index (Phi) is 3.67. The molecule has 0 radical (unpaired) electrons. The van der Waals surface area contributed by atoms with Gasteiger partial charge in [0.25, 0.3) is 0 Å². The van der Waals surface area contributed by atoms with Crippen LogP contribution in [0.3, 0.4) is 0 Å². The van der Waals surface area contributed by atoms with Gasteiger partial charge in [0.1, 0.15) is 0 Å². The van der Waals surface area contributed by atoms with E-state index in [2.05, 4.69) is 16.4 Å². The minimum atomic E-state index is -0.000251. The minimum Gasteiger partial charge on any atom is -0.356 e. The Labute approximate surface area is 132 Å². The van der Waals surface area contributed by atoms with Crippen LogP contribution < -0.4 is 5.32 Å². The number of nitrogens with one attached hydrogen (secondary N) is 1. The summed E-state index contributed by atoms with van der Waals surface area (Å²) in [4.78, 5) is 17.1. The van der Waals surface area contributed by atoms with Crippen LogP contribution in [0.1, 0.15) is 50.6 Å². The van der Waals surface area contributed by atoms with E-state index in [4.69, 9.17) is 0 Å². The van der Waals surface area contributed by atoms with Crippen molar-refractivity contribution in [1.82, 2.24) is 10.3 Å². The van der Waals surface area contributed by atoms with Crippen LogP contribution in [0.4, 0.5) is 0 Å². The lowest BCUT2D eigenvalue weighted by atomic mass is 9.49. The summed E-state index contributed by atoms with van der Waals surface area (Å²) in [6.07, 6.45) is 11.4. The molecule has 4 fully saturated rings. The maximum atomic E-state index is 12.8. The number of hydrogen-bond donors (Lipinski definition) is 1. The van der Waals surface area contributed by atoms with Crippen molar-refractivity contribution >= 4 is 5.91 Å². The van der Waals surface area contributed by atoms with Gasteiger partial charge < -0.3 is 5.32 Å². The highest BCUT2D eigenvalue weighted by atomic mass is 16.2. The van der Waals surface area contributed by atoms with Gasteiger partial charge in [0.15, 0.2) is 0 Å². The van der Waals surface area contributed by atoms with Gasteiger partial charge in [0, 0.05) is 23.9 Å². The Morgan fingerprint density at radius 3 is 2.41 bits per heavy atom. The lowest BCUT2D eigenvalue weighted by Gasteiger charge is -2.55. The zero-order valence-corrected chi connectivity index (χ0v) is 13.3. The highest BCUT2D eigenvalue weighted by Gasteiger charge is 2.54. The number of amides is 1. The lowest BCUT2D eigenvalue weighted by molar-refractivity contribution is -0.146. The zero-order valence-electron chi connectivity index (χ0n) is 13.3. The van der Waals surface area contributed by atoms with Gasteiger partial charge in [0.05, 0.1) is 0 Å². The van der Waals surface area contributed by atoms with E-state index in [0.717, 1.165) is 62.1 Å². The van der Waals surface area contributed by atoms with E-state index in [-0.39, 0.29) is 5.41 Å². The van der Waals surface area contributed by atoms with Crippen molar-refractivity contribution in [3.05, 3.63) is 30.1 Å². The Hall–Kier alpha value is -1.38. The van der Waals surface area contributed by atoms with Crippen molar-refractivity contribution < 1.29 is 4.79 Å².